The number of hydrogen-bond donors (Lipinski definition) is 2. The van der Waals surface area contributed by atoms with Gasteiger partial charge in [-0.3, -0.25) is 19.3 Å². The molecule has 1 aromatic heterocycles. The van der Waals surface area contributed by atoms with Gasteiger partial charge in [-0.15, -0.1) is 0 Å². The van der Waals surface area contributed by atoms with Gasteiger partial charge >= 0.3 is 0 Å². The lowest BCUT2D eigenvalue weighted by molar-refractivity contribution is -0.122. The molecule has 2 rings (SSSR count). The molecule has 8 nitrogen and oxygen atoms in total. The van der Waals surface area contributed by atoms with Crippen molar-refractivity contribution in [2.75, 3.05) is 26.7 Å². The van der Waals surface area contributed by atoms with Crippen LogP contribution in [0.2, 0.25) is 0 Å². The zero-order chi connectivity index (χ0) is 17.5. The molecule has 1 aromatic rings. The van der Waals surface area contributed by atoms with E-state index in [1.54, 1.807) is 7.05 Å². The predicted molar refractivity (Wildman–Crippen MR) is 89.8 cm³/mol. The van der Waals surface area contributed by atoms with Gasteiger partial charge in [-0.1, -0.05) is 6.92 Å². The smallest absolute Gasteiger partial charge is 0.271 e. The summed E-state index contributed by atoms with van der Waals surface area (Å²) in [6, 6.07) is 2.90. The summed E-state index contributed by atoms with van der Waals surface area (Å²) in [5.74, 6) is -0.260. The average molecular weight is 335 g/mol. The lowest BCUT2D eigenvalue weighted by Crippen LogP contribution is -2.47. The number of carbonyl (C=O) groups is 2. The number of rotatable bonds is 6. The summed E-state index contributed by atoms with van der Waals surface area (Å²) in [5, 5.41) is 9.70. The molecule has 0 unspecified atom stereocenters. The van der Waals surface area contributed by atoms with Crippen LogP contribution in [-0.4, -0.2) is 59.2 Å². The highest BCUT2D eigenvalue weighted by Crippen LogP contribution is 2.10. The van der Waals surface area contributed by atoms with E-state index >= 15 is 0 Å². The van der Waals surface area contributed by atoms with Gasteiger partial charge in [0.2, 0.25) is 5.91 Å². The highest BCUT2D eigenvalue weighted by molar-refractivity contribution is 5.92. The van der Waals surface area contributed by atoms with Crippen molar-refractivity contribution in [3.63, 3.8) is 0 Å². The van der Waals surface area contributed by atoms with Crippen LogP contribution in [0.3, 0.4) is 0 Å². The molecular weight excluding hydrogens is 310 g/mol. The molecule has 0 aromatic carbocycles. The van der Waals surface area contributed by atoms with E-state index < -0.39 is 0 Å². The first-order valence-corrected chi connectivity index (χ1v) is 8.35. The minimum Gasteiger partial charge on any atom is -0.358 e. The van der Waals surface area contributed by atoms with Gasteiger partial charge in [0, 0.05) is 38.8 Å². The minimum atomic E-state index is -0.260. The number of aryl methyl sites for hydroxylation is 1. The molecule has 24 heavy (non-hydrogen) atoms. The fraction of sp³-hybridized carbons (Fsp3) is 0.625. The molecule has 132 valence electrons. The standard InChI is InChI=1S/C16H25N5O3/c1-3-8-21-15(23)5-4-13(19-21)16(24)18-12-6-9-20(10-7-12)11-14(22)17-2/h4-5,12H,3,6-11H2,1-2H3,(H,17,22)(H,18,24). The fourth-order valence-corrected chi connectivity index (χ4v) is 2.72. The van der Waals surface area contributed by atoms with Crippen molar-refractivity contribution in [1.82, 2.24) is 25.3 Å². The van der Waals surface area contributed by atoms with Crippen molar-refractivity contribution in [2.45, 2.75) is 38.8 Å². The molecule has 0 bridgehead atoms. The van der Waals surface area contributed by atoms with Crippen LogP contribution >= 0.6 is 0 Å². The van der Waals surface area contributed by atoms with E-state index in [1.165, 1.54) is 16.8 Å². The van der Waals surface area contributed by atoms with Crippen molar-refractivity contribution in [1.29, 1.82) is 0 Å². The molecule has 2 heterocycles. The van der Waals surface area contributed by atoms with E-state index in [4.69, 9.17) is 0 Å². The summed E-state index contributed by atoms with van der Waals surface area (Å²) in [6.45, 7) is 4.37. The van der Waals surface area contributed by atoms with E-state index in [-0.39, 0.29) is 29.1 Å². The number of amides is 2. The molecule has 1 saturated heterocycles. The first kappa shape index (κ1) is 18.1. The Morgan fingerprint density at radius 3 is 2.62 bits per heavy atom. The second kappa shape index (κ2) is 8.58. The Balaban J connectivity index is 1.88. The van der Waals surface area contributed by atoms with E-state index in [0.29, 0.717) is 13.1 Å². The molecule has 1 aliphatic heterocycles. The summed E-state index contributed by atoms with van der Waals surface area (Å²) >= 11 is 0. The number of nitrogens with zero attached hydrogens (tertiary/aromatic N) is 3. The molecule has 0 saturated carbocycles. The van der Waals surface area contributed by atoms with Crippen LogP contribution in [0.5, 0.6) is 0 Å². The zero-order valence-electron chi connectivity index (χ0n) is 14.2. The van der Waals surface area contributed by atoms with E-state index in [0.717, 1.165) is 32.4 Å². The van der Waals surface area contributed by atoms with Crippen molar-refractivity contribution in [2.24, 2.45) is 0 Å². The summed E-state index contributed by atoms with van der Waals surface area (Å²) in [6.07, 6.45) is 2.36. The van der Waals surface area contributed by atoms with Crippen molar-refractivity contribution < 1.29 is 9.59 Å². The number of aromatic nitrogens is 2. The van der Waals surface area contributed by atoms with Gasteiger partial charge in [-0.25, -0.2) is 4.68 Å². The maximum absolute atomic E-state index is 12.3. The lowest BCUT2D eigenvalue weighted by Gasteiger charge is -2.31. The van der Waals surface area contributed by atoms with Crippen LogP contribution in [-0.2, 0) is 11.3 Å². The van der Waals surface area contributed by atoms with Gasteiger partial charge in [-0.2, -0.15) is 5.10 Å². The summed E-state index contributed by atoms with van der Waals surface area (Å²) in [4.78, 5) is 37.4. The minimum absolute atomic E-state index is 0.000123. The van der Waals surface area contributed by atoms with Gasteiger partial charge in [0.25, 0.3) is 11.5 Å². The fourth-order valence-electron chi connectivity index (χ4n) is 2.72. The first-order chi connectivity index (χ1) is 11.5. The second-order valence-electron chi connectivity index (χ2n) is 5.98. The maximum atomic E-state index is 12.3. The van der Waals surface area contributed by atoms with Crippen LogP contribution in [0.15, 0.2) is 16.9 Å². The van der Waals surface area contributed by atoms with Crippen molar-refractivity contribution in [3.05, 3.63) is 28.2 Å². The largest absolute Gasteiger partial charge is 0.358 e. The average Bonchev–Trinajstić information content (AvgIpc) is 2.58. The maximum Gasteiger partial charge on any atom is 0.271 e. The van der Waals surface area contributed by atoms with Gasteiger partial charge < -0.3 is 10.6 Å². The molecule has 8 heteroatoms. The Kier molecular flexibility index (Phi) is 6.48. The summed E-state index contributed by atoms with van der Waals surface area (Å²) in [7, 11) is 1.63. The Bertz CT molecular complexity index is 635. The van der Waals surface area contributed by atoms with Gasteiger partial charge in [-0.05, 0) is 25.3 Å². The molecular formula is C16H25N5O3. The lowest BCUT2D eigenvalue weighted by atomic mass is 10.0. The molecule has 0 atom stereocenters. The summed E-state index contributed by atoms with van der Waals surface area (Å²) in [5.41, 5.74) is 0.0618. The van der Waals surface area contributed by atoms with Crippen LogP contribution in [0.25, 0.3) is 0 Å². The van der Waals surface area contributed by atoms with Gasteiger partial charge in [0.05, 0.1) is 6.54 Å². The Morgan fingerprint density at radius 1 is 1.29 bits per heavy atom. The summed E-state index contributed by atoms with van der Waals surface area (Å²) < 4.78 is 1.32. The third-order valence-corrected chi connectivity index (χ3v) is 4.10. The van der Waals surface area contributed by atoms with Gasteiger partial charge in [0.15, 0.2) is 0 Å². The molecule has 1 fully saturated rings. The number of likely N-dealkylation sites (tertiary alicyclic amines) is 1. The molecule has 0 radical (unpaired) electrons. The Labute approximate surface area is 141 Å². The molecule has 0 aliphatic carbocycles. The topological polar surface area (TPSA) is 96.3 Å². The number of piperidine rings is 1. The van der Waals surface area contributed by atoms with Crippen molar-refractivity contribution in [3.8, 4) is 0 Å². The number of carbonyl (C=O) groups excluding carboxylic acids is 2. The second-order valence-corrected chi connectivity index (χ2v) is 5.98. The SMILES string of the molecule is CCCn1nc(C(=O)NC2CCN(CC(=O)NC)CC2)ccc1=O. The monoisotopic (exact) mass is 335 g/mol. The van der Waals surface area contributed by atoms with Crippen LogP contribution in [0.4, 0.5) is 0 Å². The Hall–Kier alpha value is -2.22. The third-order valence-electron chi connectivity index (χ3n) is 4.10. The van der Waals surface area contributed by atoms with Crippen LogP contribution in [0, 0.1) is 0 Å². The highest BCUT2D eigenvalue weighted by atomic mass is 16.2. The highest BCUT2D eigenvalue weighted by Gasteiger charge is 2.22. The zero-order valence-corrected chi connectivity index (χ0v) is 14.2. The van der Waals surface area contributed by atoms with Crippen LogP contribution in [0.1, 0.15) is 36.7 Å². The number of nitrogens with one attached hydrogen (secondary N) is 2. The first-order valence-electron chi connectivity index (χ1n) is 8.35. The molecule has 2 amide bonds. The van der Waals surface area contributed by atoms with E-state index in [9.17, 15) is 14.4 Å². The molecule has 0 spiro atoms. The molecule has 1 aliphatic rings. The number of hydrogen-bond acceptors (Lipinski definition) is 5. The quantitative estimate of drug-likeness (QED) is 0.737. The van der Waals surface area contributed by atoms with Crippen molar-refractivity contribution >= 4 is 11.8 Å². The normalized spacial score (nSPS) is 15.9. The third kappa shape index (κ3) is 4.89. The number of likely N-dealkylation sites (N-methyl/N-ethyl adjacent to an activating group) is 1. The van der Waals surface area contributed by atoms with Crippen LogP contribution < -0.4 is 16.2 Å². The predicted octanol–water partition coefficient (Wildman–Crippen LogP) is -0.406. The Morgan fingerprint density at radius 2 is 2.00 bits per heavy atom. The van der Waals surface area contributed by atoms with E-state index in [2.05, 4.69) is 20.6 Å². The van der Waals surface area contributed by atoms with Gasteiger partial charge in [0.1, 0.15) is 5.69 Å². The van der Waals surface area contributed by atoms with E-state index in [1.807, 2.05) is 6.92 Å². The molecule has 2 N–H and O–H groups in total.